The predicted molar refractivity (Wildman–Crippen MR) is 204 cm³/mol. The smallest absolute Gasteiger partial charge is 0.157 e. The second-order valence-corrected chi connectivity index (χ2v) is 12.0. The minimum Gasteiger partial charge on any atom is -0.455 e. The number of benzene rings is 7. The van der Waals surface area contributed by atoms with Crippen LogP contribution in [0.25, 0.3) is 55.3 Å². The number of para-hydroxylation sites is 1. The zero-order chi connectivity index (χ0) is 33.0. The first-order valence-corrected chi connectivity index (χ1v) is 16.4. The van der Waals surface area contributed by atoms with Crippen LogP contribution in [0.5, 0.6) is 0 Å². The summed E-state index contributed by atoms with van der Waals surface area (Å²) < 4.78 is 6.48. The quantitative estimate of drug-likeness (QED) is 0.140. The molecule has 0 spiro atoms. The molecule has 8 aromatic rings. The SMILES string of the molecule is N/C(=N\C(=N/Cc1ccc(-c2ccccc2)cc1)c1ccc(-c2ccccc2)cc1)c1cccc2oc3c(-c4ccccc4)cccc3c12. The summed E-state index contributed by atoms with van der Waals surface area (Å²) in [5.74, 6) is 0.947. The van der Waals surface area contributed by atoms with Gasteiger partial charge in [0.2, 0.25) is 0 Å². The Morgan fingerprint density at radius 2 is 1.06 bits per heavy atom. The van der Waals surface area contributed by atoms with Gasteiger partial charge in [-0.05, 0) is 39.4 Å². The maximum absolute atomic E-state index is 6.90. The second kappa shape index (κ2) is 13.3. The average Bonchev–Trinajstić information content (AvgIpc) is 3.57. The molecule has 1 heterocycles. The molecular formula is C45H33N3O. The van der Waals surface area contributed by atoms with Gasteiger partial charge in [0.15, 0.2) is 5.84 Å². The van der Waals surface area contributed by atoms with E-state index in [4.69, 9.17) is 20.1 Å². The summed E-state index contributed by atoms with van der Waals surface area (Å²) in [6, 6.07) is 60.1. The van der Waals surface area contributed by atoms with Gasteiger partial charge in [0.25, 0.3) is 0 Å². The number of nitrogens with zero attached hydrogens (tertiary/aromatic N) is 2. The fraction of sp³-hybridized carbons (Fsp3) is 0.0222. The first kappa shape index (κ1) is 29.9. The molecule has 2 N–H and O–H groups in total. The molecule has 8 rings (SSSR count). The van der Waals surface area contributed by atoms with E-state index in [1.807, 2.05) is 60.7 Å². The molecule has 0 bridgehead atoms. The van der Waals surface area contributed by atoms with E-state index < -0.39 is 0 Å². The predicted octanol–water partition coefficient (Wildman–Crippen LogP) is 10.9. The molecule has 0 saturated heterocycles. The van der Waals surface area contributed by atoms with Gasteiger partial charge in [0.1, 0.15) is 17.0 Å². The second-order valence-electron chi connectivity index (χ2n) is 12.0. The highest BCUT2D eigenvalue weighted by Crippen LogP contribution is 2.37. The van der Waals surface area contributed by atoms with Crippen molar-refractivity contribution in [1.29, 1.82) is 0 Å². The van der Waals surface area contributed by atoms with Crippen LogP contribution in [0.2, 0.25) is 0 Å². The van der Waals surface area contributed by atoms with Gasteiger partial charge in [-0.25, -0.2) is 4.99 Å². The molecule has 0 aliphatic rings. The molecule has 4 heteroatoms. The van der Waals surface area contributed by atoms with Crippen LogP contribution in [0.1, 0.15) is 16.7 Å². The lowest BCUT2D eigenvalue weighted by atomic mass is 10.0. The van der Waals surface area contributed by atoms with E-state index in [9.17, 15) is 0 Å². The Morgan fingerprint density at radius 3 is 1.69 bits per heavy atom. The number of rotatable bonds is 7. The molecule has 234 valence electrons. The third kappa shape index (κ3) is 6.16. The standard InChI is InChI=1S/C45H33N3O/c46-44(40-20-11-21-41-42(40)39-19-10-18-38(43(39)49-41)36-16-8-3-9-17-36)48-45(37-28-26-35(27-29-37)33-14-6-2-7-15-33)47-30-31-22-24-34(25-23-31)32-12-4-1-5-13-32/h1-29H,30H2,(H2,46,47,48). The van der Waals surface area contributed by atoms with E-state index in [0.717, 1.165) is 60.9 Å². The number of hydrogen-bond donors (Lipinski definition) is 1. The molecule has 7 aromatic carbocycles. The van der Waals surface area contributed by atoms with Crippen molar-refractivity contribution in [3.05, 3.63) is 193 Å². The maximum atomic E-state index is 6.90. The highest BCUT2D eigenvalue weighted by atomic mass is 16.3. The lowest BCUT2D eigenvalue weighted by molar-refractivity contribution is 0.670. The Balaban J connectivity index is 1.19. The molecular weight excluding hydrogens is 599 g/mol. The van der Waals surface area contributed by atoms with Crippen molar-refractivity contribution in [3.8, 4) is 33.4 Å². The van der Waals surface area contributed by atoms with Crippen LogP contribution in [0, 0.1) is 0 Å². The van der Waals surface area contributed by atoms with Crippen LogP contribution < -0.4 is 5.73 Å². The van der Waals surface area contributed by atoms with Crippen LogP contribution in [0.3, 0.4) is 0 Å². The van der Waals surface area contributed by atoms with Crippen LogP contribution >= 0.6 is 0 Å². The summed E-state index contributed by atoms with van der Waals surface area (Å²) in [4.78, 5) is 10.1. The van der Waals surface area contributed by atoms with Crippen molar-refractivity contribution in [2.24, 2.45) is 15.7 Å². The Labute approximate surface area is 285 Å². The molecule has 0 unspecified atom stereocenters. The molecule has 0 atom stereocenters. The van der Waals surface area contributed by atoms with Crippen molar-refractivity contribution < 1.29 is 4.42 Å². The molecule has 0 aliphatic heterocycles. The first-order chi connectivity index (χ1) is 24.2. The molecule has 0 amide bonds. The van der Waals surface area contributed by atoms with Gasteiger partial charge in [-0.2, -0.15) is 0 Å². The van der Waals surface area contributed by atoms with E-state index in [0.29, 0.717) is 18.2 Å². The third-order valence-corrected chi connectivity index (χ3v) is 8.83. The first-order valence-electron chi connectivity index (χ1n) is 16.4. The Hall–Kier alpha value is -6.52. The van der Waals surface area contributed by atoms with Gasteiger partial charge in [-0.3, -0.25) is 4.99 Å². The van der Waals surface area contributed by atoms with Crippen LogP contribution in [0.4, 0.5) is 0 Å². The number of nitrogens with two attached hydrogens (primary N) is 1. The van der Waals surface area contributed by atoms with Crippen molar-refractivity contribution in [3.63, 3.8) is 0 Å². The van der Waals surface area contributed by atoms with E-state index >= 15 is 0 Å². The van der Waals surface area contributed by atoms with E-state index in [-0.39, 0.29) is 0 Å². The topological polar surface area (TPSA) is 63.9 Å². The van der Waals surface area contributed by atoms with Crippen molar-refractivity contribution in [1.82, 2.24) is 0 Å². The minimum atomic E-state index is 0.378. The van der Waals surface area contributed by atoms with Crippen molar-refractivity contribution >= 4 is 33.6 Å². The third-order valence-electron chi connectivity index (χ3n) is 8.83. The number of furan rings is 1. The van der Waals surface area contributed by atoms with E-state index in [1.54, 1.807) is 0 Å². The summed E-state index contributed by atoms with van der Waals surface area (Å²) in [6.45, 7) is 0.459. The number of amidine groups is 2. The molecule has 49 heavy (non-hydrogen) atoms. The van der Waals surface area contributed by atoms with Crippen molar-refractivity contribution in [2.75, 3.05) is 0 Å². The number of aliphatic imine (C=N–C) groups is 2. The number of hydrogen-bond acceptors (Lipinski definition) is 2. The van der Waals surface area contributed by atoms with Gasteiger partial charge in [-0.1, -0.05) is 170 Å². The van der Waals surface area contributed by atoms with Gasteiger partial charge < -0.3 is 10.2 Å². The van der Waals surface area contributed by atoms with Gasteiger partial charge in [0, 0.05) is 27.5 Å². The molecule has 0 aliphatic carbocycles. The molecule has 4 nitrogen and oxygen atoms in total. The lowest BCUT2D eigenvalue weighted by Gasteiger charge is -2.09. The van der Waals surface area contributed by atoms with E-state index in [2.05, 4.69) is 115 Å². The Morgan fingerprint density at radius 1 is 0.510 bits per heavy atom. The van der Waals surface area contributed by atoms with Crippen molar-refractivity contribution in [2.45, 2.75) is 6.54 Å². The molecule has 0 fully saturated rings. The molecule has 0 saturated carbocycles. The average molecular weight is 632 g/mol. The monoisotopic (exact) mass is 631 g/mol. The molecule has 1 aromatic heterocycles. The van der Waals surface area contributed by atoms with Gasteiger partial charge in [-0.15, -0.1) is 0 Å². The van der Waals surface area contributed by atoms with Crippen LogP contribution in [-0.2, 0) is 6.54 Å². The van der Waals surface area contributed by atoms with Gasteiger partial charge in [0.05, 0.1) is 6.54 Å². The Bertz CT molecular complexity index is 2430. The fourth-order valence-electron chi connectivity index (χ4n) is 6.31. The lowest BCUT2D eigenvalue weighted by Crippen LogP contribution is -2.17. The summed E-state index contributed by atoms with van der Waals surface area (Å²) in [7, 11) is 0. The summed E-state index contributed by atoms with van der Waals surface area (Å²) in [5, 5.41) is 1.93. The molecule has 0 radical (unpaired) electrons. The fourth-order valence-corrected chi connectivity index (χ4v) is 6.31. The highest BCUT2D eigenvalue weighted by Gasteiger charge is 2.17. The zero-order valence-electron chi connectivity index (χ0n) is 26.8. The summed E-state index contributed by atoms with van der Waals surface area (Å²) >= 11 is 0. The van der Waals surface area contributed by atoms with Gasteiger partial charge >= 0.3 is 0 Å². The van der Waals surface area contributed by atoms with Crippen LogP contribution in [-0.4, -0.2) is 11.7 Å². The zero-order valence-corrected chi connectivity index (χ0v) is 26.8. The highest BCUT2D eigenvalue weighted by molar-refractivity contribution is 6.21. The van der Waals surface area contributed by atoms with Crippen LogP contribution in [0.15, 0.2) is 190 Å². The largest absolute Gasteiger partial charge is 0.455 e. The maximum Gasteiger partial charge on any atom is 0.157 e. The summed E-state index contributed by atoms with van der Waals surface area (Å²) in [6.07, 6.45) is 0. The van der Waals surface area contributed by atoms with E-state index in [1.165, 1.54) is 11.1 Å². The number of fused-ring (bicyclic) bond motifs is 3. The Kier molecular flexibility index (Phi) is 8.11. The normalized spacial score (nSPS) is 12.1. The minimum absolute atomic E-state index is 0.378. The summed E-state index contributed by atoms with van der Waals surface area (Å²) in [5.41, 5.74) is 18.0.